The zero-order chi connectivity index (χ0) is 22.8. The Morgan fingerprint density at radius 3 is 2.55 bits per heavy atom. The topological polar surface area (TPSA) is 84.0 Å². The number of amides is 1. The van der Waals surface area contributed by atoms with E-state index in [1.807, 2.05) is 19.9 Å². The van der Waals surface area contributed by atoms with Crippen molar-refractivity contribution in [3.05, 3.63) is 33.8 Å². The second-order valence-electron chi connectivity index (χ2n) is 8.84. The lowest BCUT2D eigenvalue weighted by Crippen LogP contribution is -2.53. The molecule has 0 bridgehead atoms. The third-order valence-electron chi connectivity index (χ3n) is 5.96. The second kappa shape index (κ2) is 9.88. The Kier molecular flexibility index (Phi) is 7.65. The predicted molar refractivity (Wildman–Crippen MR) is 120 cm³/mol. The lowest BCUT2D eigenvalue weighted by Gasteiger charge is -2.39. The van der Waals surface area contributed by atoms with Gasteiger partial charge in [0.1, 0.15) is 9.84 Å². The molecule has 1 aliphatic heterocycles. The van der Waals surface area contributed by atoms with Crippen molar-refractivity contribution in [1.29, 1.82) is 0 Å². The van der Waals surface area contributed by atoms with Crippen molar-refractivity contribution in [2.45, 2.75) is 45.7 Å². The van der Waals surface area contributed by atoms with Gasteiger partial charge in [-0.25, -0.2) is 13.2 Å². The van der Waals surface area contributed by atoms with E-state index in [0.717, 1.165) is 30.2 Å². The maximum absolute atomic E-state index is 12.6. The average molecular weight is 471 g/mol. The molecule has 0 spiro atoms. The Morgan fingerprint density at radius 2 is 1.94 bits per heavy atom. The summed E-state index contributed by atoms with van der Waals surface area (Å²) in [4.78, 5) is 29.0. The Bertz CT molecular complexity index is 945. The van der Waals surface area contributed by atoms with E-state index < -0.39 is 9.84 Å². The summed E-state index contributed by atoms with van der Waals surface area (Å²) < 4.78 is 28.2. The number of carbonyl (C=O) groups excluding carboxylic acids is 2. The number of Topliss-reactive ketones (excluding diaryl/α,β-unsaturated/α-hetero) is 1. The highest BCUT2D eigenvalue weighted by atomic mass is 35.5. The number of hydrogen-bond acceptors (Lipinski definition) is 6. The van der Waals surface area contributed by atoms with Gasteiger partial charge in [0.25, 0.3) is 0 Å². The largest absolute Gasteiger partial charge is 0.449 e. The molecule has 1 aliphatic carbocycles. The highest BCUT2D eigenvalue weighted by molar-refractivity contribution is 7.90. The summed E-state index contributed by atoms with van der Waals surface area (Å²) in [5.41, 5.74) is 2.23. The molecule has 0 radical (unpaired) electrons. The van der Waals surface area contributed by atoms with Crippen LogP contribution in [-0.4, -0.2) is 74.4 Å². The van der Waals surface area contributed by atoms with Crippen LogP contribution in [-0.2, 0) is 21.1 Å². The molecule has 3 rings (SSSR count). The SMILES string of the molecule is Cc1c(CN2CCN(C(=O)OCC3CC3)[C@@H](C)C2)cc(Cl)cc1C(=O)CCS(C)(=O)=O. The number of rotatable bonds is 8. The molecule has 1 saturated carbocycles. The van der Waals surface area contributed by atoms with Crippen molar-refractivity contribution in [3.8, 4) is 0 Å². The third-order valence-corrected chi connectivity index (χ3v) is 7.12. The monoisotopic (exact) mass is 470 g/mol. The molecule has 7 nitrogen and oxygen atoms in total. The number of carbonyl (C=O) groups is 2. The van der Waals surface area contributed by atoms with Crippen LogP contribution in [0.5, 0.6) is 0 Å². The molecular weight excluding hydrogens is 440 g/mol. The normalized spacial score (nSPS) is 20.0. The fourth-order valence-electron chi connectivity index (χ4n) is 3.85. The lowest BCUT2D eigenvalue weighted by molar-refractivity contribution is 0.0473. The lowest BCUT2D eigenvalue weighted by atomic mass is 9.97. The first-order chi connectivity index (χ1) is 14.5. The van der Waals surface area contributed by atoms with E-state index in [2.05, 4.69) is 4.90 Å². The summed E-state index contributed by atoms with van der Waals surface area (Å²) in [5, 5.41) is 0.457. The summed E-state index contributed by atoms with van der Waals surface area (Å²) in [6.07, 6.45) is 3.12. The minimum Gasteiger partial charge on any atom is -0.449 e. The molecule has 0 N–H and O–H groups in total. The van der Waals surface area contributed by atoms with Crippen LogP contribution in [0.3, 0.4) is 0 Å². The molecule has 1 aromatic rings. The summed E-state index contributed by atoms with van der Waals surface area (Å²) >= 11 is 6.27. The number of halogens is 1. The Labute approximate surface area is 189 Å². The summed E-state index contributed by atoms with van der Waals surface area (Å²) in [7, 11) is -3.21. The smallest absolute Gasteiger partial charge is 0.410 e. The fourth-order valence-corrected chi connectivity index (χ4v) is 4.64. The van der Waals surface area contributed by atoms with Crippen LogP contribution in [0, 0.1) is 12.8 Å². The fraction of sp³-hybridized carbons (Fsp3) is 0.636. The quantitative estimate of drug-likeness (QED) is 0.542. The third kappa shape index (κ3) is 6.92. The van der Waals surface area contributed by atoms with Crippen molar-refractivity contribution >= 4 is 33.3 Å². The molecule has 9 heteroatoms. The second-order valence-corrected chi connectivity index (χ2v) is 11.5. The zero-order valence-electron chi connectivity index (χ0n) is 18.4. The summed E-state index contributed by atoms with van der Waals surface area (Å²) in [5.74, 6) is 0.146. The van der Waals surface area contributed by atoms with Gasteiger partial charge in [-0.3, -0.25) is 9.69 Å². The number of piperazine rings is 1. The van der Waals surface area contributed by atoms with Gasteiger partial charge in [-0.1, -0.05) is 11.6 Å². The van der Waals surface area contributed by atoms with E-state index in [9.17, 15) is 18.0 Å². The van der Waals surface area contributed by atoms with E-state index in [1.165, 1.54) is 0 Å². The molecular formula is C22H31ClN2O5S. The molecule has 1 amide bonds. The standard InChI is InChI=1S/C22H31ClN2O5S/c1-15-12-24(7-8-25(15)22(27)30-14-17-4-5-17)13-18-10-19(23)11-20(16(18)2)21(26)6-9-31(3,28)29/h10-11,15,17H,4-9,12-14H2,1-3H3/t15-/m0/s1. The number of benzene rings is 1. The van der Waals surface area contributed by atoms with Crippen molar-refractivity contribution < 1.29 is 22.7 Å². The van der Waals surface area contributed by atoms with E-state index in [-0.39, 0.29) is 30.1 Å². The number of ketones is 1. The van der Waals surface area contributed by atoms with Crippen molar-refractivity contribution in [3.63, 3.8) is 0 Å². The Morgan fingerprint density at radius 1 is 1.23 bits per heavy atom. The Hall–Kier alpha value is -1.64. The van der Waals surface area contributed by atoms with Crippen LogP contribution in [0.1, 0.15) is 47.7 Å². The Balaban J connectivity index is 1.62. The predicted octanol–water partition coefficient (Wildman–Crippen LogP) is 3.32. The van der Waals surface area contributed by atoms with Gasteiger partial charge in [0.15, 0.2) is 5.78 Å². The number of ether oxygens (including phenoxy) is 1. The van der Waals surface area contributed by atoms with Crippen LogP contribution in [0.25, 0.3) is 0 Å². The average Bonchev–Trinajstić information content (AvgIpc) is 3.51. The van der Waals surface area contributed by atoms with Crippen LogP contribution in [0.4, 0.5) is 4.79 Å². The maximum atomic E-state index is 12.6. The molecule has 0 aromatic heterocycles. The number of nitrogens with zero attached hydrogens (tertiary/aromatic N) is 2. The first-order valence-electron chi connectivity index (χ1n) is 10.7. The van der Waals surface area contributed by atoms with Gasteiger partial charge in [-0.15, -0.1) is 0 Å². The van der Waals surface area contributed by atoms with Crippen molar-refractivity contribution in [2.24, 2.45) is 5.92 Å². The summed E-state index contributed by atoms with van der Waals surface area (Å²) in [6.45, 7) is 6.99. The van der Waals surface area contributed by atoms with Crippen LogP contribution < -0.4 is 0 Å². The van der Waals surface area contributed by atoms with E-state index in [1.54, 1.807) is 11.0 Å². The summed E-state index contributed by atoms with van der Waals surface area (Å²) in [6, 6.07) is 3.49. The van der Waals surface area contributed by atoms with E-state index in [4.69, 9.17) is 16.3 Å². The van der Waals surface area contributed by atoms with Crippen LogP contribution in [0.2, 0.25) is 5.02 Å². The van der Waals surface area contributed by atoms with Crippen molar-refractivity contribution in [2.75, 3.05) is 38.2 Å². The molecule has 2 fully saturated rings. The van der Waals surface area contributed by atoms with Gasteiger partial charge < -0.3 is 9.64 Å². The first kappa shape index (κ1) is 24.0. The van der Waals surface area contributed by atoms with Gasteiger partial charge in [0, 0.05) is 55.5 Å². The number of sulfone groups is 1. The molecule has 0 unspecified atom stereocenters. The van der Waals surface area contributed by atoms with Gasteiger partial charge in [0.05, 0.1) is 12.4 Å². The van der Waals surface area contributed by atoms with Crippen LogP contribution in [0.15, 0.2) is 12.1 Å². The molecule has 1 saturated heterocycles. The molecule has 2 aliphatic rings. The number of hydrogen-bond donors (Lipinski definition) is 0. The van der Waals surface area contributed by atoms with Gasteiger partial charge in [-0.05, 0) is 55.9 Å². The molecule has 31 heavy (non-hydrogen) atoms. The van der Waals surface area contributed by atoms with Crippen molar-refractivity contribution in [1.82, 2.24) is 9.80 Å². The van der Waals surface area contributed by atoms with Crippen LogP contribution >= 0.6 is 11.6 Å². The molecule has 1 heterocycles. The minimum absolute atomic E-state index is 0.0239. The van der Waals surface area contributed by atoms with Gasteiger partial charge in [0.2, 0.25) is 0 Å². The van der Waals surface area contributed by atoms with Gasteiger partial charge >= 0.3 is 6.09 Å². The van der Waals surface area contributed by atoms with Gasteiger partial charge in [-0.2, -0.15) is 0 Å². The maximum Gasteiger partial charge on any atom is 0.410 e. The molecule has 1 aromatic carbocycles. The highest BCUT2D eigenvalue weighted by Crippen LogP contribution is 2.29. The first-order valence-corrected chi connectivity index (χ1v) is 13.1. The highest BCUT2D eigenvalue weighted by Gasteiger charge is 2.30. The molecule has 172 valence electrons. The molecule has 1 atom stereocenters. The zero-order valence-corrected chi connectivity index (χ0v) is 20.0. The van der Waals surface area contributed by atoms with E-state index >= 15 is 0 Å². The van der Waals surface area contributed by atoms with E-state index in [0.29, 0.717) is 49.3 Å². The minimum atomic E-state index is -3.21.